The van der Waals surface area contributed by atoms with Gasteiger partial charge in [0.25, 0.3) is 0 Å². The van der Waals surface area contributed by atoms with Crippen LogP contribution in [0.15, 0.2) is 88.5 Å². The highest BCUT2D eigenvalue weighted by Crippen LogP contribution is 2.13. The van der Waals surface area contributed by atoms with Gasteiger partial charge in [0, 0.05) is 19.5 Å². The van der Waals surface area contributed by atoms with Gasteiger partial charge in [0.05, 0.1) is 17.6 Å². The Morgan fingerprint density at radius 3 is 2.03 bits per heavy atom. The number of carbonyl (C=O) groups excluding carboxylic acids is 1. The van der Waals surface area contributed by atoms with Crippen LogP contribution in [0.5, 0.6) is 0 Å². The molecule has 162 valence electrons. The summed E-state index contributed by atoms with van der Waals surface area (Å²) >= 11 is 0. The number of nitrogens with zero attached hydrogens (tertiary/aromatic N) is 2. The second kappa shape index (κ2) is 9.47. The lowest BCUT2D eigenvalue weighted by Crippen LogP contribution is -2.42. The van der Waals surface area contributed by atoms with Gasteiger partial charge >= 0.3 is 11.1 Å². The number of carbonyl (C=O) groups is 1. The van der Waals surface area contributed by atoms with Gasteiger partial charge in [0.15, 0.2) is 0 Å². The Bertz CT molecular complexity index is 1350. The summed E-state index contributed by atoms with van der Waals surface area (Å²) in [6.45, 7) is 2.88. The summed E-state index contributed by atoms with van der Waals surface area (Å²) in [5.41, 5.74) is 3.18. The summed E-state index contributed by atoms with van der Waals surface area (Å²) in [5.74, 6) is -0.173. The van der Waals surface area contributed by atoms with E-state index in [1.165, 1.54) is 9.13 Å². The molecular formula is C26H25N3O3. The van der Waals surface area contributed by atoms with E-state index in [0.29, 0.717) is 24.1 Å². The van der Waals surface area contributed by atoms with E-state index in [0.717, 1.165) is 16.7 Å². The van der Waals surface area contributed by atoms with Gasteiger partial charge in [-0.05, 0) is 30.2 Å². The van der Waals surface area contributed by atoms with Crippen molar-refractivity contribution in [3.63, 3.8) is 0 Å². The van der Waals surface area contributed by atoms with Crippen molar-refractivity contribution < 1.29 is 4.79 Å². The molecule has 3 aromatic carbocycles. The third-order valence-electron chi connectivity index (χ3n) is 5.49. The Labute approximate surface area is 185 Å². The van der Waals surface area contributed by atoms with E-state index >= 15 is 0 Å². The molecule has 4 rings (SSSR count). The third kappa shape index (κ3) is 4.70. The fraction of sp³-hybridized carbons (Fsp3) is 0.192. The van der Waals surface area contributed by atoms with E-state index in [1.807, 2.05) is 85.8 Å². The summed E-state index contributed by atoms with van der Waals surface area (Å²) < 4.78 is 2.92. The predicted molar refractivity (Wildman–Crippen MR) is 126 cm³/mol. The molecule has 0 radical (unpaired) electrons. The van der Waals surface area contributed by atoms with Crippen LogP contribution in [0.25, 0.3) is 11.0 Å². The lowest BCUT2D eigenvalue weighted by atomic mass is 10.1. The molecule has 32 heavy (non-hydrogen) atoms. The zero-order chi connectivity index (χ0) is 22.5. The predicted octanol–water partition coefficient (Wildman–Crippen LogP) is 3.23. The maximum atomic E-state index is 13.0. The van der Waals surface area contributed by atoms with Crippen molar-refractivity contribution in [3.05, 3.63) is 116 Å². The number of hydrogen-bond acceptors (Lipinski definition) is 3. The molecule has 0 bridgehead atoms. The molecule has 0 fully saturated rings. The largest absolute Gasteiger partial charge is 0.352 e. The van der Waals surface area contributed by atoms with E-state index < -0.39 is 11.1 Å². The number of benzene rings is 3. The van der Waals surface area contributed by atoms with Gasteiger partial charge in [0.2, 0.25) is 5.91 Å². The monoisotopic (exact) mass is 427 g/mol. The lowest BCUT2D eigenvalue weighted by molar-refractivity contribution is -0.121. The highest BCUT2D eigenvalue weighted by atomic mass is 16.2. The SMILES string of the molecule is Cc1ccc(Cn2c(=O)c(=O)n(CCC(=O)NCc3ccccc3)c3ccccc32)cc1. The highest BCUT2D eigenvalue weighted by molar-refractivity contribution is 5.77. The van der Waals surface area contributed by atoms with Gasteiger partial charge in [-0.3, -0.25) is 19.0 Å². The minimum atomic E-state index is -0.619. The van der Waals surface area contributed by atoms with Gasteiger partial charge in [-0.2, -0.15) is 0 Å². The minimum absolute atomic E-state index is 0.109. The number of aromatic nitrogens is 2. The van der Waals surface area contributed by atoms with Crippen molar-refractivity contribution in [2.24, 2.45) is 0 Å². The van der Waals surface area contributed by atoms with Crippen LogP contribution in [0, 0.1) is 6.92 Å². The summed E-state index contributed by atoms with van der Waals surface area (Å²) in [6, 6.07) is 24.8. The van der Waals surface area contributed by atoms with Crippen LogP contribution in [-0.2, 0) is 24.4 Å². The van der Waals surface area contributed by atoms with E-state index in [1.54, 1.807) is 0 Å². The fourth-order valence-electron chi connectivity index (χ4n) is 3.72. The van der Waals surface area contributed by atoms with Crippen molar-refractivity contribution in [1.29, 1.82) is 0 Å². The quantitative estimate of drug-likeness (QED) is 0.460. The molecule has 0 spiro atoms. The van der Waals surface area contributed by atoms with Crippen molar-refractivity contribution in [3.8, 4) is 0 Å². The molecule has 1 N–H and O–H groups in total. The molecule has 0 unspecified atom stereocenters. The first kappa shape index (κ1) is 21.3. The van der Waals surface area contributed by atoms with Gasteiger partial charge in [-0.15, -0.1) is 0 Å². The summed E-state index contributed by atoms with van der Waals surface area (Å²) in [5, 5.41) is 2.86. The normalized spacial score (nSPS) is 10.9. The number of nitrogens with one attached hydrogen (secondary N) is 1. The summed E-state index contributed by atoms with van der Waals surface area (Å²) in [7, 11) is 0. The molecule has 1 amide bonds. The van der Waals surface area contributed by atoms with Crippen LogP contribution < -0.4 is 16.4 Å². The Hall–Kier alpha value is -3.93. The van der Waals surface area contributed by atoms with Crippen LogP contribution in [0.3, 0.4) is 0 Å². The molecule has 6 heteroatoms. The molecule has 0 aliphatic heterocycles. The van der Waals surface area contributed by atoms with Gasteiger partial charge in [0.1, 0.15) is 0 Å². The number of aryl methyl sites for hydroxylation is 2. The summed E-state index contributed by atoms with van der Waals surface area (Å²) in [6.07, 6.45) is 0.109. The maximum absolute atomic E-state index is 13.0. The first-order chi connectivity index (χ1) is 15.5. The molecule has 6 nitrogen and oxygen atoms in total. The first-order valence-electron chi connectivity index (χ1n) is 10.6. The minimum Gasteiger partial charge on any atom is -0.352 e. The van der Waals surface area contributed by atoms with Gasteiger partial charge in [-0.25, -0.2) is 0 Å². The zero-order valence-corrected chi connectivity index (χ0v) is 18.0. The van der Waals surface area contributed by atoms with E-state index in [9.17, 15) is 14.4 Å². The fourth-order valence-corrected chi connectivity index (χ4v) is 3.72. The first-order valence-corrected chi connectivity index (χ1v) is 10.6. The van der Waals surface area contributed by atoms with Crippen LogP contribution in [0.2, 0.25) is 0 Å². The topological polar surface area (TPSA) is 73.1 Å². The number of para-hydroxylation sites is 2. The number of rotatable bonds is 7. The van der Waals surface area contributed by atoms with Crippen LogP contribution in [-0.4, -0.2) is 15.0 Å². The molecule has 0 saturated carbocycles. The van der Waals surface area contributed by atoms with Crippen molar-refractivity contribution >= 4 is 16.9 Å². The van der Waals surface area contributed by atoms with Crippen molar-refractivity contribution in [2.75, 3.05) is 0 Å². The summed E-state index contributed by atoms with van der Waals surface area (Å²) in [4.78, 5) is 38.2. The van der Waals surface area contributed by atoms with E-state index in [-0.39, 0.29) is 18.9 Å². The van der Waals surface area contributed by atoms with Crippen molar-refractivity contribution in [1.82, 2.24) is 14.5 Å². The van der Waals surface area contributed by atoms with Gasteiger partial charge in [-0.1, -0.05) is 72.3 Å². The standard InChI is InChI=1S/C26H25N3O3/c1-19-11-13-21(14-12-19)18-29-23-10-6-5-9-22(23)28(25(31)26(29)32)16-15-24(30)27-17-20-7-3-2-4-8-20/h2-14H,15-18H2,1H3,(H,27,30). The smallest absolute Gasteiger partial charge is 0.317 e. The Morgan fingerprint density at radius 2 is 1.34 bits per heavy atom. The van der Waals surface area contributed by atoms with Gasteiger partial charge < -0.3 is 9.88 Å². The molecule has 1 aromatic heterocycles. The van der Waals surface area contributed by atoms with Crippen LogP contribution in [0.1, 0.15) is 23.1 Å². The highest BCUT2D eigenvalue weighted by Gasteiger charge is 2.14. The lowest BCUT2D eigenvalue weighted by Gasteiger charge is -2.15. The number of hydrogen-bond donors (Lipinski definition) is 1. The van der Waals surface area contributed by atoms with E-state index in [2.05, 4.69) is 5.32 Å². The number of fused-ring (bicyclic) bond motifs is 1. The molecule has 0 atom stereocenters. The molecule has 0 saturated heterocycles. The number of amides is 1. The maximum Gasteiger partial charge on any atom is 0.317 e. The van der Waals surface area contributed by atoms with Crippen LogP contribution >= 0.6 is 0 Å². The average Bonchev–Trinajstić information content (AvgIpc) is 2.82. The molecule has 1 heterocycles. The molecule has 0 aliphatic rings. The second-order valence-corrected chi connectivity index (χ2v) is 7.83. The van der Waals surface area contributed by atoms with Crippen LogP contribution in [0.4, 0.5) is 0 Å². The Morgan fingerprint density at radius 1 is 0.750 bits per heavy atom. The Kier molecular flexibility index (Phi) is 6.31. The molecule has 4 aromatic rings. The zero-order valence-electron chi connectivity index (χ0n) is 18.0. The third-order valence-corrected chi connectivity index (χ3v) is 5.49. The second-order valence-electron chi connectivity index (χ2n) is 7.83. The van der Waals surface area contributed by atoms with Crippen molar-refractivity contribution in [2.45, 2.75) is 33.0 Å². The molecular weight excluding hydrogens is 402 g/mol. The Balaban J connectivity index is 1.58. The molecule has 0 aliphatic carbocycles. The average molecular weight is 428 g/mol. The van der Waals surface area contributed by atoms with E-state index in [4.69, 9.17) is 0 Å².